The average molecular weight is 504 g/mol. The number of methoxy groups -OCH3 is 1. The van der Waals surface area contributed by atoms with Crippen molar-refractivity contribution < 1.29 is 30.2 Å². The number of benzene rings is 1. The van der Waals surface area contributed by atoms with Gasteiger partial charge in [0.1, 0.15) is 0 Å². The minimum absolute atomic E-state index is 0. The molecule has 0 saturated heterocycles. The van der Waals surface area contributed by atoms with E-state index in [0.717, 1.165) is 32.2 Å². The second-order valence-corrected chi connectivity index (χ2v) is 7.66. The Bertz CT molecular complexity index is 1240. The fourth-order valence-electron chi connectivity index (χ4n) is 4.24. The van der Waals surface area contributed by atoms with Crippen molar-refractivity contribution in [3.63, 3.8) is 0 Å². The summed E-state index contributed by atoms with van der Waals surface area (Å²) >= 11 is 0. The van der Waals surface area contributed by atoms with Gasteiger partial charge in [0.2, 0.25) is 5.95 Å². The molecule has 0 bridgehead atoms. The third-order valence-corrected chi connectivity index (χ3v) is 5.84. The third kappa shape index (κ3) is 3.76. The molecule has 5 rings (SSSR count). The van der Waals surface area contributed by atoms with Crippen LogP contribution in [-0.2, 0) is 27.6 Å². The van der Waals surface area contributed by atoms with Gasteiger partial charge in [-0.1, -0.05) is 31.7 Å². The number of hydrogen-bond donors (Lipinski definition) is 1. The number of hydrogen-bond acceptors (Lipinski definition) is 6. The first kappa shape index (κ1) is 21.6. The van der Waals surface area contributed by atoms with Crippen molar-refractivity contribution in [1.82, 2.24) is 29.4 Å². The van der Waals surface area contributed by atoms with Crippen LogP contribution in [0.15, 0.2) is 24.5 Å². The van der Waals surface area contributed by atoms with Crippen LogP contribution in [0.5, 0.6) is 5.75 Å². The van der Waals surface area contributed by atoms with Gasteiger partial charge in [0, 0.05) is 45.0 Å². The van der Waals surface area contributed by atoms with Gasteiger partial charge in [-0.05, 0) is 19.4 Å². The minimum atomic E-state index is -0.468. The maximum absolute atomic E-state index is 14.3. The molecule has 0 amide bonds. The molecule has 1 fully saturated rings. The third-order valence-electron chi connectivity index (χ3n) is 5.84. The van der Waals surface area contributed by atoms with Crippen molar-refractivity contribution in [2.24, 2.45) is 0 Å². The van der Waals surface area contributed by atoms with Crippen LogP contribution in [-0.4, -0.2) is 36.5 Å². The molecule has 8 nitrogen and oxygen atoms in total. The quantitative estimate of drug-likeness (QED) is 0.338. The number of halogens is 1. The second kappa shape index (κ2) is 8.46. The van der Waals surface area contributed by atoms with Crippen LogP contribution < -0.4 is 10.5 Å². The largest absolute Gasteiger partial charge is 0.494 e. The Kier molecular flexibility index (Phi) is 5.88. The first-order valence-electron chi connectivity index (χ1n) is 10.1. The fraction of sp³-hybridized carbons (Fsp3) is 0.381. The number of aryl methyl sites for hydroxylation is 1. The molecule has 1 atom stereocenters. The molecular formula is C21H23FMoN7O-. The van der Waals surface area contributed by atoms with Crippen LogP contribution in [0.1, 0.15) is 49.9 Å². The molecule has 0 aliphatic heterocycles. The fourth-order valence-corrected chi connectivity index (χ4v) is 4.24. The normalized spacial score (nSPS) is 16.6. The Balaban J connectivity index is 0.00000231. The molecule has 2 N–H and O–H groups in total. The van der Waals surface area contributed by atoms with E-state index in [4.69, 9.17) is 15.5 Å². The molecule has 1 saturated carbocycles. The molecule has 10 heteroatoms. The number of aromatic nitrogens is 6. The number of nitrogens with two attached hydrogens (primary N) is 1. The number of ether oxygens (including phenoxy) is 1. The monoisotopic (exact) mass is 506 g/mol. The van der Waals surface area contributed by atoms with Gasteiger partial charge >= 0.3 is 0 Å². The summed E-state index contributed by atoms with van der Waals surface area (Å²) in [7, 11) is 1.42. The molecule has 162 valence electrons. The molecule has 1 aliphatic rings. The Morgan fingerprint density at radius 1 is 1.32 bits per heavy atom. The van der Waals surface area contributed by atoms with E-state index in [1.807, 2.05) is 10.9 Å². The van der Waals surface area contributed by atoms with E-state index in [2.05, 4.69) is 28.3 Å². The SMILES string of the molecule is CCn1cc([C-]2CCC[C@H](c3nc4c5cc(F)c(OC)cc5nc(N)n4n3)C2)cn1.[Mo]. The summed E-state index contributed by atoms with van der Waals surface area (Å²) in [6, 6.07) is 2.92. The molecule has 3 heterocycles. The molecule has 1 aliphatic carbocycles. The number of rotatable bonds is 4. The Labute approximate surface area is 193 Å². The van der Waals surface area contributed by atoms with Gasteiger partial charge < -0.3 is 15.2 Å². The van der Waals surface area contributed by atoms with Crippen molar-refractivity contribution in [3.05, 3.63) is 47.6 Å². The Morgan fingerprint density at radius 3 is 2.90 bits per heavy atom. The molecule has 0 unspecified atom stereocenters. The minimum Gasteiger partial charge on any atom is -0.494 e. The summed E-state index contributed by atoms with van der Waals surface area (Å²) in [5.74, 6) is 2.14. The van der Waals surface area contributed by atoms with Crippen LogP contribution in [0.4, 0.5) is 10.3 Å². The smallest absolute Gasteiger partial charge is 0.223 e. The second-order valence-electron chi connectivity index (χ2n) is 7.66. The average Bonchev–Trinajstić information content (AvgIpc) is 3.42. The molecule has 4 aromatic rings. The van der Waals surface area contributed by atoms with Crippen molar-refractivity contribution in [2.75, 3.05) is 12.8 Å². The Morgan fingerprint density at radius 2 is 2.16 bits per heavy atom. The van der Waals surface area contributed by atoms with E-state index in [-0.39, 0.29) is 38.7 Å². The van der Waals surface area contributed by atoms with Gasteiger partial charge in [0.15, 0.2) is 23.0 Å². The zero-order valence-electron chi connectivity index (χ0n) is 17.4. The van der Waals surface area contributed by atoms with Gasteiger partial charge in [0.25, 0.3) is 0 Å². The first-order chi connectivity index (χ1) is 14.6. The van der Waals surface area contributed by atoms with E-state index < -0.39 is 5.82 Å². The summed E-state index contributed by atoms with van der Waals surface area (Å²) in [6.45, 7) is 2.93. The van der Waals surface area contributed by atoms with E-state index >= 15 is 0 Å². The number of nitrogen functional groups attached to an aromatic ring is 1. The van der Waals surface area contributed by atoms with Gasteiger partial charge in [0.05, 0.1) is 12.6 Å². The van der Waals surface area contributed by atoms with Gasteiger partial charge in [-0.15, -0.1) is 5.10 Å². The van der Waals surface area contributed by atoms with Crippen molar-refractivity contribution >= 4 is 22.5 Å². The van der Waals surface area contributed by atoms with Crippen LogP contribution in [0.2, 0.25) is 0 Å². The number of anilines is 1. The summed E-state index contributed by atoms with van der Waals surface area (Å²) in [5.41, 5.74) is 8.36. The summed E-state index contributed by atoms with van der Waals surface area (Å²) in [4.78, 5) is 9.12. The molecule has 31 heavy (non-hydrogen) atoms. The maximum Gasteiger partial charge on any atom is 0.223 e. The van der Waals surface area contributed by atoms with Gasteiger partial charge in [-0.25, -0.2) is 14.4 Å². The number of fused-ring (bicyclic) bond motifs is 3. The predicted molar refractivity (Wildman–Crippen MR) is 111 cm³/mol. The van der Waals surface area contributed by atoms with Gasteiger partial charge in [-0.2, -0.15) is 16.0 Å². The zero-order valence-corrected chi connectivity index (χ0v) is 19.4. The van der Waals surface area contributed by atoms with E-state index in [1.165, 1.54) is 35.2 Å². The Hall–Kier alpha value is -2.67. The standard InChI is InChI=1S/C21H23FN7O.Mo/c1-3-28-11-14(10-24-28)12-5-4-6-13(7-12)19-26-20-15-8-16(22)18(30-2)9-17(15)25-21(23)29(20)27-19;/h8-11,13H,3-7H2,1-2H3,(H2,23,25);/q-1;/t13-;/m0./s1. The zero-order chi connectivity index (χ0) is 20.8. The predicted octanol–water partition coefficient (Wildman–Crippen LogP) is 3.50. The van der Waals surface area contributed by atoms with Crippen LogP contribution in [0.3, 0.4) is 0 Å². The summed E-state index contributed by atoms with van der Waals surface area (Å²) < 4.78 is 22.8. The van der Waals surface area contributed by atoms with Crippen LogP contribution in [0.25, 0.3) is 16.6 Å². The van der Waals surface area contributed by atoms with Crippen LogP contribution >= 0.6 is 0 Å². The summed E-state index contributed by atoms with van der Waals surface area (Å²) in [6.07, 6.45) is 8.02. The van der Waals surface area contributed by atoms with Crippen LogP contribution in [0, 0.1) is 11.7 Å². The summed E-state index contributed by atoms with van der Waals surface area (Å²) in [5, 5.41) is 9.60. The van der Waals surface area contributed by atoms with Gasteiger partial charge in [-0.3, -0.25) is 5.10 Å². The first-order valence-corrected chi connectivity index (χ1v) is 10.1. The number of nitrogens with zero attached hydrogens (tertiary/aromatic N) is 6. The molecule has 0 spiro atoms. The van der Waals surface area contributed by atoms with Crippen molar-refractivity contribution in [2.45, 2.75) is 45.1 Å². The van der Waals surface area contributed by atoms with Crippen molar-refractivity contribution in [1.29, 1.82) is 0 Å². The van der Waals surface area contributed by atoms with E-state index in [0.29, 0.717) is 22.4 Å². The van der Waals surface area contributed by atoms with E-state index in [9.17, 15) is 4.39 Å². The molecule has 0 radical (unpaired) electrons. The van der Waals surface area contributed by atoms with Crippen molar-refractivity contribution in [3.8, 4) is 5.75 Å². The topological polar surface area (TPSA) is 96.1 Å². The molecule has 1 aromatic carbocycles. The molecule has 3 aromatic heterocycles. The maximum atomic E-state index is 14.3. The van der Waals surface area contributed by atoms with E-state index in [1.54, 1.807) is 0 Å². The molecular weight excluding hydrogens is 481 g/mol.